The van der Waals surface area contributed by atoms with Crippen LogP contribution in [-0.4, -0.2) is 24.7 Å². The smallest absolute Gasteiger partial charge is 0.545 e. The molecule has 0 spiro atoms. The maximum Gasteiger partial charge on any atom is 1.00 e. The standard InChI is InChI=1S/C6H10O5S.K/c1-5(6(7)8)3-2-4-12(9,10)11;/h3H,2,4H2,1H3,(H,7,8)(H,9,10,11);/q;+1/p-1/b5-3+;. The zero-order valence-corrected chi connectivity index (χ0v) is 11.4. The Morgan fingerprint density at radius 1 is 1.54 bits per heavy atom. The van der Waals surface area contributed by atoms with Gasteiger partial charge in [0.25, 0.3) is 10.1 Å². The van der Waals surface area contributed by atoms with E-state index in [1.165, 1.54) is 13.0 Å². The Hall–Kier alpha value is 0.756. The molecular formula is C6H9KO5S. The van der Waals surface area contributed by atoms with Gasteiger partial charge in [-0.05, 0) is 18.9 Å². The number of hydrogen-bond donors (Lipinski definition) is 1. The number of hydrogen-bond acceptors (Lipinski definition) is 4. The summed E-state index contributed by atoms with van der Waals surface area (Å²) in [4.78, 5) is 10.1. The summed E-state index contributed by atoms with van der Waals surface area (Å²) in [5.41, 5.74) is -0.0429. The quantitative estimate of drug-likeness (QED) is 0.302. The Bertz CT molecular complexity index is 292. The average molecular weight is 232 g/mol. The maximum absolute atomic E-state index is 10.1. The molecule has 1 N–H and O–H groups in total. The second kappa shape index (κ2) is 7.10. The predicted molar refractivity (Wildman–Crippen MR) is 39.8 cm³/mol. The molecule has 0 radical (unpaired) electrons. The molecule has 0 fully saturated rings. The van der Waals surface area contributed by atoms with E-state index >= 15 is 0 Å². The van der Waals surface area contributed by atoms with Crippen molar-refractivity contribution in [1.82, 2.24) is 0 Å². The van der Waals surface area contributed by atoms with Gasteiger partial charge in [-0.3, -0.25) is 4.55 Å². The van der Waals surface area contributed by atoms with E-state index in [1.807, 2.05) is 0 Å². The van der Waals surface area contributed by atoms with Crippen LogP contribution in [-0.2, 0) is 14.9 Å². The van der Waals surface area contributed by atoms with E-state index in [1.54, 1.807) is 0 Å². The number of carboxylic acids is 1. The van der Waals surface area contributed by atoms with Crippen molar-refractivity contribution in [2.45, 2.75) is 13.3 Å². The molecular weight excluding hydrogens is 223 g/mol. The molecule has 7 heteroatoms. The fraction of sp³-hybridized carbons (Fsp3) is 0.500. The molecule has 5 nitrogen and oxygen atoms in total. The third kappa shape index (κ3) is 10.7. The summed E-state index contributed by atoms with van der Waals surface area (Å²) in [6.45, 7) is 1.29. The van der Waals surface area contributed by atoms with Crippen LogP contribution in [0, 0.1) is 0 Å². The largest absolute Gasteiger partial charge is 1.00 e. The molecule has 0 aromatic heterocycles. The van der Waals surface area contributed by atoms with Gasteiger partial charge in [-0.2, -0.15) is 8.42 Å². The molecule has 0 aromatic rings. The van der Waals surface area contributed by atoms with Gasteiger partial charge in [0.2, 0.25) is 0 Å². The van der Waals surface area contributed by atoms with E-state index < -0.39 is 21.8 Å². The van der Waals surface area contributed by atoms with Gasteiger partial charge < -0.3 is 9.90 Å². The number of carbonyl (C=O) groups is 1. The van der Waals surface area contributed by atoms with Crippen molar-refractivity contribution in [3.63, 3.8) is 0 Å². The normalized spacial score (nSPS) is 12.0. The molecule has 0 bridgehead atoms. The van der Waals surface area contributed by atoms with Gasteiger partial charge in [0.05, 0.1) is 11.7 Å². The van der Waals surface area contributed by atoms with Crippen molar-refractivity contribution < 1.29 is 74.3 Å². The van der Waals surface area contributed by atoms with Crippen LogP contribution < -0.4 is 56.5 Å². The molecule has 0 atom stereocenters. The third-order valence-corrected chi connectivity index (χ3v) is 1.90. The zero-order chi connectivity index (χ0) is 9.78. The van der Waals surface area contributed by atoms with Gasteiger partial charge in [-0.1, -0.05) is 6.08 Å². The third-order valence-electron chi connectivity index (χ3n) is 1.15. The summed E-state index contributed by atoms with van der Waals surface area (Å²) >= 11 is 0. The van der Waals surface area contributed by atoms with Crippen molar-refractivity contribution in [3.05, 3.63) is 11.6 Å². The average Bonchev–Trinajstić information content (AvgIpc) is 1.84. The van der Waals surface area contributed by atoms with Crippen molar-refractivity contribution in [2.24, 2.45) is 0 Å². The minimum atomic E-state index is -4.00. The van der Waals surface area contributed by atoms with Crippen LogP contribution in [0.3, 0.4) is 0 Å². The Labute approximate surface area is 119 Å². The first-order chi connectivity index (χ1) is 5.33. The van der Waals surface area contributed by atoms with E-state index in [0.29, 0.717) is 0 Å². The summed E-state index contributed by atoms with van der Waals surface area (Å²) in [6, 6.07) is 0. The monoisotopic (exact) mass is 232 g/mol. The van der Waals surface area contributed by atoms with Crippen molar-refractivity contribution >= 4 is 16.1 Å². The molecule has 0 aliphatic rings. The minimum Gasteiger partial charge on any atom is -0.545 e. The van der Waals surface area contributed by atoms with E-state index in [4.69, 9.17) is 4.55 Å². The molecule has 0 aliphatic heterocycles. The van der Waals surface area contributed by atoms with Gasteiger partial charge in [0.1, 0.15) is 0 Å². The van der Waals surface area contributed by atoms with Gasteiger partial charge in [0.15, 0.2) is 0 Å². The molecule has 13 heavy (non-hydrogen) atoms. The molecule has 0 unspecified atom stereocenters. The summed E-state index contributed by atoms with van der Waals surface area (Å²) in [5.74, 6) is -1.82. The SMILES string of the molecule is C/C(=C\CCS(=O)(=O)O)C(=O)[O-].[K+]. The van der Waals surface area contributed by atoms with Crippen LogP contribution >= 0.6 is 0 Å². The summed E-state index contributed by atoms with van der Waals surface area (Å²) < 4.78 is 28.5. The van der Waals surface area contributed by atoms with Crippen LogP contribution in [0.15, 0.2) is 11.6 Å². The molecule has 0 rings (SSSR count). The maximum atomic E-state index is 10.1. The first kappa shape index (κ1) is 16.2. The predicted octanol–water partition coefficient (Wildman–Crippen LogP) is -4.04. The fourth-order valence-corrected chi connectivity index (χ4v) is 0.923. The Balaban J connectivity index is 0. The Morgan fingerprint density at radius 3 is 2.31 bits per heavy atom. The first-order valence-electron chi connectivity index (χ1n) is 3.16. The number of rotatable bonds is 4. The second-order valence-corrected chi connectivity index (χ2v) is 3.82. The minimum absolute atomic E-state index is 0. The van der Waals surface area contributed by atoms with E-state index in [2.05, 4.69) is 0 Å². The van der Waals surface area contributed by atoms with Crippen LogP contribution in [0.2, 0.25) is 0 Å². The van der Waals surface area contributed by atoms with Crippen LogP contribution in [0.5, 0.6) is 0 Å². The van der Waals surface area contributed by atoms with E-state index in [9.17, 15) is 18.3 Å². The summed E-state index contributed by atoms with van der Waals surface area (Å²) in [5, 5.41) is 10.1. The van der Waals surface area contributed by atoms with Gasteiger partial charge in [-0.25, -0.2) is 0 Å². The number of carbonyl (C=O) groups excluding carboxylic acids is 1. The van der Waals surface area contributed by atoms with Gasteiger partial charge in [0, 0.05) is 0 Å². The topological polar surface area (TPSA) is 94.5 Å². The molecule has 70 valence electrons. The zero-order valence-electron chi connectivity index (χ0n) is 7.48. The van der Waals surface area contributed by atoms with Crippen LogP contribution in [0.1, 0.15) is 13.3 Å². The van der Waals surface area contributed by atoms with Crippen molar-refractivity contribution in [3.8, 4) is 0 Å². The Morgan fingerprint density at radius 2 is 2.00 bits per heavy atom. The first-order valence-corrected chi connectivity index (χ1v) is 4.77. The van der Waals surface area contributed by atoms with Gasteiger partial charge in [-0.15, -0.1) is 0 Å². The fourth-order valence-electron chi connectivity index (χ4n) is 0.508. The Kier molecular flexibility index (Phi) is 8.85. The van der Waals surface area contributed by atoms with E-state index in [-0.39, 0.29) is 63.4 Å². The number of allylic oxidation sites excluding steroid dienone is 1. The molecule has 0 saturated heterocycles. The molecule has 0 amide bonds. The molecule has 0 saturated carbocycles. The van der Waals surface area contributed by atoms with Crippen molar-refractivity contribution in [2.75, 3.05) is 5.75 Å². The summed E-state index contributed by atoms with van der Waals surface area (Å²) in [7, 11) is -4.00. The molecule has 0 heterocycles. The second-order valence-electron chi connectivity index (χ2n) is 2.25. The van der Waals surface area contributed by atoms with Gasteiger partial charge >= 0.3 is 51.4 Å². The number of aliphatic carboxylic acids is 1. The number of carboxylic acid groups (broad SMARTS) is 1. The van der Waals surface area contributed by atoms with Crippen molar-refractivity contribution in [1.29, 1.82) is 0 Å². The summed E-state index contributed by atoms with van der Waals surface area (Å²) in [6.07, 6.45) is 1.15. The molecule has 0 aromatic carbocycles. The van der Waals surface area contributed by atoms with Crippen LogP contribution in [0.4, 0.5) is 0 Å². The molecule has 0 aliphatic carbocycles. The van der Waals surface area contributed by atoms with E-state index in [0.717, 1.165) is 0 Å². The van der Waals surface area contributed by atoms with Crippen LogP contribution in [0.25, 0.3) is 0 Å².